The van der Waals surface area contributed by atoms with Crippen LogP contribution in [-0.4, -0.2) is 17.0 Å². The van der Waals surface area contributed by atoms with Gasteiger partial charge in [-0.2, -0.15) is 0 Å². The maximum absolute atomic E-state index is 13.4. The molecule has 0 saturated carbocycles. The molecule has 0 amide bonds. The summed E-state index contributed by atoms with van der Waals surface area (Å²) < 4.78 is 13.4. The molecule has 0 aliphatic carbocycles. The van der Waals surface area contributed by atoms with E-state index in [1.165, 1.54) is 12.1 Å². The van der Waals surface area contributed by atoms with Crippen molar-refractivity contribution >= 4 is 5.82 Å². The number of rotatable bonds is 2. The number of nitrogens with one attached hydrogen (secondary N) is 1. The van der Waals surface area contributed by atoms with E-state index in [1.54, 1.807) is 0 Å². The van der Waals surface area contributed by atoms with Crippen molar-refractivity contribution in [2.24, 2.45) is 0 Å². The summed E-state index contributed by atoms with van der Waals surface area (Å²) in [6.07, 6.45) is 0. The summed E-state index contributed by atoms with van der Waals surface area (Å²) in [5, 5.41) is 3.03. The fraction of sp³-hybridized carbons (Fsp3) is 0.286. The molecule has 0 fully saturated rings. The number of anilines is 1. The van der Waals surface area contributed by atoms with E-state index in [2.05, 4.69) is 15.3 Å². The number of aromatic nitrogens is 2. The summed E-state index contributed by atoms with van der Waals surface area (Å²) >= 11 is 0. The summed E-state index contributed by atoms with van der Waals surface area (Å²) in [5.41, 5.74) is 3.46. The van der Waals surface area contributed by atoms with Crippen LogP contribution in [0, 0.1) is 26.6 Å². The third-order valence-electron chi connectivity index (χ3n) is 2.93. The van der Waals surface area contributed by atoms with Crippen molar-refractivity contribution < 1.29 is 4.39 Å². The van der Waals surface area contributed by atoms with Crippen LogP contribution in [-0.2, 0) is 0 Å². The molecule has 94 valence electrons. The second-order valence-electron chi connectivity index (χ2n) is 4.37. The van der Waals surface area contributed by atoms with Crippen LogP contribution < -0.4 is 5.32 Å². The molecule has 3 nitrogen and oxygen atoms in total. The number of halogens is 1. The van der Waals surface area contributed by atoms with Gasteiger partial charge in [0.25, 0.3) is 0 Å². The lowest BCUT2D eigenvalue weighted by Gasteiger charge is -2.10. The molecule has 1 heterocycles. The highest BCUT2D eigenvalue weighted by atomic mass is 19.1. The van der Waals surface area contributed by atoms with Gasteiger partial charge in [0, 0.05) is 23.9 Å². The van der Waals surface area contributed by atoms with Crippen LogP contribution in [0.1, 0.15) is 16.8 Å². The highest BCUT2D eigenvalue weighted by molar-refractivity contribution is 5.60. The predicted molar refractivity (Wildman–Crippen MR) is 71.2 cm³/mol. The Morgan fingerprint density at radius 1 is 1.06 bits per heavy atom. The summed E-state index contributed by atoms with van der Waals surface area (Å²) in [4.78, 5) is 8.83. The molecule has 0 saturated heterocycles. The zero-order valence-electron chi connectivity index (χ0n) is 11.0. The lowest BCUT2D eigenvalue weighted by Crippen LogP contribution is -2.03. The highest BCUT2D eigenvalue weighted by Gasteiger charge is 2.09. The molecular formula is C14H16FN3. The standard InChI is InChI=1S/C14H16FN3/c1-8-5-11(7-12(15)6-8)14-17-10(3)9(2)13(16-4)18-14/h5-7H,1-4H3,(H,16,17,18). The molecule has 1 aromatic carbocycles. The molecule has 4 heteroatoms. The first kappa shape index (κ1) is 12.5. The van der Waals surface area contributed by atoms with E-state index in [4.69, 9.17) is 0 Å². The maximum Gasteiger partial charge on any atom is 0.161 e. The zero-order chi connectivity index (χ0) is 13.3. The van der Waals surface area contributed by atoms with Gasteiger partial charge in [-0.3, -0.25) is 0 Å². The van der Waals surface area contributed by atoms with Gasteiger partial charge in [0.1, 0.15) is 11.6 Å². The number of aryl methyl sites for hydroxylation is 2. The van der Waals surface area contributed by atoms with Crippen LogP contribution in [0.25, 0.3) is 11.4 Å². The van der Waals surface area contributed by atoms with Gasteiger partial charge in [0.05, 0.1) is 0 Å². The number of benzene rings is 1. The molecule has 1 N–H and O–H groups in total. The number of nitrogens with zero attached hydrogens (tertiary/aromatic N) is 2. The smallest absolute Gasteiger partial charge is 0.161 e. The van der Waals surface area contributed by atoms with Gasteiger partial charge in [-0.1, -0.05) is 0 Å². The molecule has 0 unspecified atom stereocenters. The molecule has 18 heavy (non-hydrogen) atoms. The molecule has 2 aromatic rings. The van der Waals surface area contributed by atoms with Crippen LogP contribution in [0.2, 0.25) is 0 Å². The van der Waals surface area contributed by atoms with Gasteiger partial charge in [0.2, 0.25) is 0 Å². The van der Waals surface area contributed by atoms with Gasteiger partial charge in [-0.05, 0) is 44.5 Å². The van der Waals surface area contributed by atoms with Gasteiger partial charge < -0.3 is 5.32 Å². The minimum absolute atomic E-state index is 0.266. The van der Waals surface area contributed by atoms with Crippen LogP contribution >= 0.6 is 0 Å². The lowest BCUT2D eigenvalue weighted by atomic mass is 10.1. The van der Waals surface area contributed by atoms with Crippen molar-refractivity contribution in [1.29, 1.82) is 0 Å². The van der Waals surface area contributed by atoms with Crippen molar-refractivity contribution in [2.75, 3.05) is 12.4 Å². The molecule has 0 aliphatic rings. The Labute approximate surface area is 106 Å². The zero-order valence-corrected chi connectivity index (χ0v) is 11.0. The third kappa shape index (κ3) is 2.32. The molecule has 0 atom stereocenters. The van der Waals surface area contributed by atoms with Crippen LogP contribution in [0.3, 0.4) is 0 Å². The molecule has 1 aromatic heterocycles. The van der Waals surface area contributed by atoms with Crippen molar-refractivity contribution in [3.05, 3.63) is 40.8 Å². The van der Waals surface area contributed by atoms with E-state index in [1.807, 2.05) is 33.9 Å². The van der Waals surface area contributed by atoms with Crippen molar-refractivity contribution in [2.45, 2.75) is 20.8 Å². The number of hydrogen-bond donors (Lipinski definition) is 1. The quantitative estimate of drug-likeness (QED) is 0.882. The molecular weight excluding hydrogens is 229 g/mol. The topological polar surface area (TPSA) is 37.8 Å². The normalized spacial score (nSPS) is 10.5. The lowest BCUT2D eigenvalue weighted by molar-refractivity contribution is 0.627. The molecule has 0 aliphatic heterocycles. The fourth-order valence-corrected chi connectivity index (χ4v) is 1.87. The summed E-state index contributed by atoms with van der Waals surface area (Å²) in [5.74, 6) is 1.06. The molecule has 0 spiro atoms. The minimum Gasteiger partial charge on any atom is -0.373 e. The van der Waals surface area contributed by atoms with E-state index in [0.29, 0.717) is 11.4 Å². The third-order valence-corrected chi connectivity index (χ3v) is 2.93. The average Bonchev–Trinajstić information content (AvgIpc) is 2.31. The Morgan fingerprint density at radius 2 is 1.78 bits per heavy atom. The van der Waals surface area contributed by atoms with Crippen molar-refractivity contribution in [3.8, 4) is 11.4 Å². The van der Waals surface area contributed by atoms with E-state index >= 15 is 0 Å². The SMILES string of the molecule is CNc1nc(-c2cc(C)cc(F)c2)nc(C)c1C. The Kier molecular flexibility index (Phi) is 3.28. The van der Waals surface area contributed by atoms with E-state index in [9.17, 15) is 4.39 Å². The summed E-state index contributed by atoms with van der Waals surface area (Å²) in [7, 11) is 1.81. The van der Waals surface area contributed by atoms with Gasteiger partial charge >= 0.3 is 0 Å². The Hall–Kier alpha value is -1.97. The maximum atomic E-state index is 13.4. The van der Waals surface area contributed by atoms with Crippen molar-refractivity contribution in [1.82, 2.24) is 9.97 Å². The predicted octanol–water partition coefficient (Wildman–Crippen LogP) is 3.25. The van der Waals surface area contributed by atoms with Crippen LogP contribution in [0.15, 0.2) is 18.2 Å². The van der Waals surface area contributed by atoms with Crippen molar-refractivity contribution in [3.63, 3.8) is 0 Å². The first-order valence-corrected chi connectivity index (χ1v) is 5.82. The van der Waals surface area contributed by atoms with Gasteiger partial charge in [-0.15, -0.1) is 0 Å². The summed E-state index contributed by atoms with van der Waals surface area (Å²) in [6, 6.07) is 4.83. The van der Waals surface area contributed by atoms with Crippen LogP contribution in [0.4, 0.5) is 10.2 Å². The highest BCUT2D eigenvalue weighted by Crippen LogP contribution is 2.23. The van der Waals surface area contributed by atoms with Gasteiger partial charge in [0.15, 0.2) is 5.82 Å². The summed E-state index contributed by atoms with van der Waals surface area (Å²) in [6.45, 7) is 5.74. The monoisotopic (exact) mass is 245 g/mol. The Bertz CT molecular complexity index is 574. The molecule has 0 bridgehead atoms. The number of hydrogen-bond acceptors (Lipinski definition) is 3. The second-order valence-corrected chi connectivity index (χ2v) is 4.37. The average molecular weight is 245 g/mol. The van der Waals surface area contributed by atoms with Crippen LogP contribution in [0.5, 0.6) is 0 Å². The second kappa shape index (κ2) is 4.72. The van der Waals surface area contributed by atoms with Gasteiger partial charge in [-0.25, -0.2) is 14.4 Å². The first-order chi connectivity index (χ1) is 8.51. The molecule has 2 rings (SSSR count). The van der Waals surface area contributed by atoms with E-state index in [0.717, 1.165) is 22.6 Å². The Morgan fingerprint density at radius 3 is 2.39 bits per heavy atom. The fourth-order valence-electron chi connectivity index (χ4n) is 1.87. The largest absolute Gasteiger partial charge is 0.373 e. The minimum atomic E-state index is -0.266. The first-order valence-electron chi connectivity index (χ1n) is 5.82. The van der Waals surface area contributed by atoms with E-state index < -0.39 is 0 Å². The molecule has 0 radical (unpaired) electrons. The Balaban J connectivity index is 2.60. The van der Waals surface area contributed by atoms with E-state index in [-0.39, 0.29) is 5.82 Å².